The molecule has 27 heavy (non-hydrogen) atoms. The molecule has 1 atom stereocenters. The standard InChI is InChI=1S/C21H18ClN3O2/c1-14-4-2-3-5-17(14)18-12-19-21(27)24(10-11-25(19)23-18)13-20(26)15-6-8-16(22)9-7-15/h2-12,20,26H,13H2,1H3. The van der Waals surface area contributed by atoms with Crippen molar-refractivity contribution in [2.75, 3.05) is 0 Å². The van der Waals surface area contributed by atoms with E-state index in [0.717, 1.165) is 16.8 Å². The van der Waals surface area contributed by atoms with Crippen molar-refractivity contribution in [3.05, 3.63) is 93.5 Å². The van der Waals surface area contributed by atoms with E-state index in [1.165, 1.54) is 4.57 Å². The first kappa shape index (κ1) is 17.5. The summed E-state index contributed by atoms with van der Waals surface area (Å²) in [6.45, 7) is 2.17. The molecule has 1 N–H and O–H groups in total. The van der Waals surface area contributed by atoms with E-state index in [1.807, 2.05) is 31.2 Å². The highest BCUT2D eigenvalue weighted by molar-refractivity contribution is 6.30. The molecular formula is C21H18ClN3O2. The first-order valence-electron chi connectivity index (χ1n) is 8.61. The van der Waals surface area contributed by atoms with Crippen molar-refractivity contribution in [2.24, 2.45) is 0 Å². The summed E-state index contributed by atoms with van der Waals surface area (Å²) in [6.07, 6.45) is 2.57. The zero-order chi connectivity index (χ0) is 19.0. The third-order valence-electron chi connectivity index (χ3n) is 4.65. The lowest BCUT2D eigenvalue weighted by molar-refractivity contribution is 0.155. The minimum absolute atomic E-state index is 0.155. The van der Waals surface area contributed by atoms with Gasteiger partial charge in [-0.25, -0.2) is 4.52 Å². The minimum Gasteiger partial charge on any atom is -0.387 e. The highest BCUT2D eigenvalue weighted by atomic mass is 35.5. The lowest BCUT2D eigenvalue weighted by Crippen LogP contribution is -2.24. The highest BCUT2D eigenvalue weighted by Gasteiger charge is 2.13. The maximum absolute atomic E-state index is 12.8. The lowest BCUT2D eigenvalue weighted by atomic mass is 10.1. The van der Waals surface area contributed by atoms with Gasteiger partial charge in [-0.3, -0.25) is 4.79 Å². The van der Waals surface area contributed by atoms with Crippen LogP contribution in [0.2, 0.25) is 5.02 Å². The van der Waals surface area contributed by atoms with Gasteiger partial charge in [-0.05, 0) is 36.2 Å². The van der Waals surface area contributed by atoms with Crippen LogP contribution in [0.15, 0.2) is 71.8 Å². The van der Waals surface area contributed by atoms with Gasteiger partial charge in [0.25, 0.3) is 5.56 Å². The van der Waals surface area contributed by atoms with Crippen molar-refractivity contribution in [3.8, 4) is 11.3 Å². The van der Waals surface area contributed by atoms with Crippen LogP contribution < -0.4 is 5.56 Å². The van der Waals surface area contributed by atoms with Crippen LogP contribution in [0, 0.1) is 6.92 Å². The van der Waals surface area contributed by atoms with Gasteiger partial charge in [-0.1, -0.05) is 48.0 Å². The molecule has 4 rings (SSSR count). The number of benzene rings is 2. The normalized spacial score (nSPS) is 12.4. The number of aliphatic hydroxyl groups excluding tert-OH is 1. The number of hydrogen-bond acceptors (Lipinski definition) is 3. The highest BCUT2D eigenvalue weighted by Crippen LogP contribution is 2.22. The van der Waals surface area contributed by atoms with Crippen LogP contribution in [0.5, 0.6) is 0 Å². The Morgan fingerprint density at radius 2 is 1.85 bits per heavy atom. The first-order valence-corrected chi connectivity index (χ1v) is 8.99. The molecule has 0 fully saturated rings. The summed E-state index contributed by atoms with van der Waals surface area (Å²) >= 11 is 5.88. The molecule has 136 valence electrons. The molecule has 4 aromatic rings. The van der Waals surface area contributed by atoms with Crippen molar-refractivity contribution < 1.29 is 5.11 Å². The van der Waals surface area contributed by atoms with E-state index in [2.05, 4.69) is 5.10 Å². The topological polar surface area (TPSA) is 59.5 Å². The third-order valence-corrected chi connectivity index (χ3v) is 4.90. The van der Waals surface area contributed by atoms with Gasteiger partial charge in [0.1, 0.15) is 5.52 Å². The summed E-state index contributed by atoms with van der Waals surface area (Å²) in [4.78, 5) is 12.8. The largest absolute Gasteiger partial charge is 0.387 e. The fourth-order valence-electron chi connectivity index (χ4n) is 3.14. The Balaban J connectivity index is 1.69. The molecule has 2 heterocycles. The monoisotopic (exact) mass is 379 g/mol. The van der Waals surface area contributed by atoms with Crippen molar-refractivity contribution in [1.82, 2.24) is 14.2 Å². The number of aliphatic hydroxyl groups is 1. The molecular weight excluding hydrogens is 362 g/mol. The van der Waals surface area contributed by atoms with Gasteiger partial charge in [0, 0.05) is 23.0 Å². The average Bonchev–Trinajstić information content (AvgIpc) is 3.10. The maximum Gasteiger partial charge on any atom is 0.276 e. The Bertz CT molecular complexity index is 1160. The number of halogens is 1. The SMILES string of the molecule is Cc1ccccc1-c1cc2c(=O)n(CC(O)c3ccc(Cl)cc3)ccn2n1. The van der Waals surface area contributed by atoms with Crippen molar-refractivity contribution in [3.63, 3.8) is 0 Å². The van der Waals surface area contributed by atoms with E-state index in [9.17, 15) is 9.90 Å². The molecule has 0 spiro atoms. The first-order chi connectivity index (χ1) is 13.0. The quantitative estimate of drug-likeness (QED) is 0.585. The van der Waals surface area contributed by atoms with Crippen molar-refractivity contribution >= 4 is 17.1 Å². The van der Waals surface area contributed by atoms with Gasteiger partial charge >= 0.3 is 0 Å². The van der Waals surface area contributed by atoms with E-state index >= 15 is 0 Å². The van der Waals surface area contributed by atoms with Crippen LogP contribution in [0.3, 0.4) is 0 Å². The number of rotatable bonds is 4. The van der Waals surface area contributed by atoms with Gasteiger partial charge < -0.3 is 9.67 Å². The molecule has 1 unspecified atom stereocenters. The molecule has 0 aliphatic rings. The fourth-order valence-corrected chi connectivity index (χ4v) is 3.26. The van der Waals surface area contributed by atoms with E-state index in [0.29, 0.717) is 16.1 Å². The Kier molecular flexibility index (Phi) is 4.56. The summed E-state index contributed by atoms with van der Waals surface area (Å²) < 4.78 is 3.08. The fraction of sp³-hybridized carbons (Fsp3) is 0.143. The second kappa shape index (κ2) is 7.02. The predicted octanol–water partition coefficient (Wildman–Crippen LogP) is 3.86. The Morgan fingerprint density at radius 1 is 1.11 bits per heavy atom. The van der Waals surface area contributed by atoms with E-state index in [-0.39, 0.29) is 12.1 Å². The molecule has 0 aliphatic carbocycles. The number of hydrogen-bond donors (Lipinski definition) is 1. The van der Waals surface area contributed by atoms with Crippen LogP contribution in [0.25, 0.3) is 16.8 Å². The molecule has 0 radical (unpaired) electrons. The Labute approximate surface area is 161 Å². The number of aromatic nitrogens is 3. The lowest BCUT2D eigenvalue weighted by Gasteiger charge is -2.13. The molecule has 0 saturated carbocycles. The summed E-state index contributed by atoms with van der Waals surface area (Å²) in [6, 6.07) is 16.7. The van der Waals surface area contributed by atoms with Gasteiger partial charge in [-0.15, -0.1) is 0 Å². The third kappa shape index (κ3) is 3.39. The predicted molar refractivity (Wildman–Crippen MR) is 106 cm³/mol. The molecule has 2 aromatic carbocycles. The zero-order valence-electron chi connectivity index (χ0n) is 14.7. The van der Waals surface area contributed by atoms with Crippen LogP contribution >= 0.6 is 11.6 Å². The van der Waals surface area contributed by atoms with Crippen LogP contribution in [0.1, 0.15) is 17.2 Å². The minimum atomic E-state index is -0.804. The van der Waals surface area contributed by atoms with E-state index in [1.54, 1.807) is 47.2 Å². The summed E-state index contributed by atoms with van der Waals surface area (Å²) in [5.41, 5.74) is 3.83. The Morgan fingerprint density at radius 3 is 2.59 bits per heavy atom. The zero-order valence-corrected chi connectivity index (χ0v) is 15.5. The molecule has 2 aromatic heterocycles. The van der Waals surface area contributed by atoms with Gasteiger partial charge in [0.15, 0.2) is 0 Å². The molecule has 0 amide bonds. The summed E-state index contributed by atoms with van der Waals surface area (Å²) in [5.74, 6) is 0. The van der Waals surface area contributed by atoms with Crippen LogP contribution in [-0.2, 0) is 6.54 Å². The second-order valence-electron chi connectivity index (χ2n) is 6.50. The smallest absolute Gasteiger partial charge is 0.276 e. The maximum atomic E-state index is 12.8. The van der Waals surface area contributed by atoms with Crippen LogP contribution in [-0.4, -0.2) is 19.3 Å². The number of nitrogens with zero attached hydrogens (tertiary/aromatic N) is 3. The van der Waals surface area contributed by atoms with Gasteiger partial charge in [0.2, 0.25) is 0 Å². The van der Waals surface area contributed by atoms with Gasteiger partial charge in [-0.2, -0.15) is 5.10 Å². The van der Waals surface area contributed by atoms with Gasteiger partial charge in [0.05, 0.1) is 18.3 Å². The summed E-state index contributed by atoms with van der Waals surface area (Å²) in [7, 11) is 0. The van der Waals surface area contributed by atoms with Crippen LogP contribution in [0.4, 0.5) is 0 Å². The van der Waals surface area contributed by atoms with E-state index < -0.39 is 6.10 Å². The molecule has 5 nitrogen and oxygen atoms in total. The number of aryl methyl sites for hydroxylation is 1. The Hall–Kier alpha value is -2.89. The van der Waals surface area contributed by atoms with Crippen molar-refractivity contribution in [2.45, 2.75) is 19.6 Å². The molecule has 0 bridgehead atoms. The second-order valence-corrected chi connectivity index (χ2v) is 6.93. The van der Waals surface area contributed by atoms with Crippen molar-refractivity contribution in [1.29, 1.82) is 0 Å². The molecule has 6 heteroatoms. The average molecular weight is 380 g/mol. The molecule has 0 aliphatic heterocycles. The summed E-state index contributed by atoms with van der Waals surface area (Å²) in [5, 5.41) is 15.6. The molecule has 0 saturated heterocycles. The number of fused-ring (bicyclic) bond motifs is 1. The van der Waals surface area contributed by atoms with E-state index in [4.69, 9.17) is 11.6 Å².